The predicted molar refractivity (Wildman–Crippen MR) is 283 cm³/mol. The second-order valence-corrected chi connectivity index (χ2v) is 19.4. The fraction of sp³-hybridized carbons (Fsp3) is 0.175. The van der Waals surface area contributed by atoms with E-state index < -0.39 is 0 Å². The van der Waals surface area contributed by atoms with E-state index >= 15 is 0 Å². The maximum absolute atomic E-state index is 5.46. The van der Waals surface area contributed by atoms with Crippen LogP contribution in [-0.4, -0.2) is 34.5 Å². The van der Waals surface area contributed by atoms with Crippen molar-refractivity contribution in [1.82, 2.24) is 9.88 Å². The molecule has 1 saturated heterocycles. The Kier molecular flexibility index (Phi) is 9.24. The second-order valence-electron chi connectivity index (χ2n) is 19.4. The minimum atomic E-state index is -0.366. The summed E-state index contributed by atoms with van der Waals surface area (Å²) in [6.07, 6.45) is 46.5. The predicted octanol–water partition coefficient (Wildman–Crippen LogP) is 11.5. The third-order valence-electron chi connectivity index (χ3n) is 15.7. The monoisotopic (exact) mass is 877 g/mol. The van der Waals surface area contributed by atoms with E-state index in [1.165, 1.54) is 60.2 Å². The van der Waals surface area contributed by atoms with Gasteiger partial charge in [-0.3, -0.25) is 0 Å². The molecule has 8 aliphatic rings. The molecular weight excluding hydrogens is 827 g/mol. The number of benzene rings is 5. The van der Waals surface area contributed by atoms with Gasteiger partial charge in [-0.2, -0.15) is 0 Å². The number of amidine groups is 2. The minimum absolute atomic E-state index is 0.211. The van der Waals surface area contributed by atoms with Gasteiger partial charge in [0.2, 0.25) is 0 Å². The minimum Gasteiger partial charge on any atom is -0.356 e. The molecule has 1 N–H and O–H groups in total. The van der Waals surface area contributed by atoms with Crippen molar-refractivity contribution in [2.75, 3.05) is 4.90 Å². The van der Waals surface area contributed by atoms with E-state index in [1.54, 1.807) is 0 Å². The summed E-state index contributed by atoms with van der Waals surface area (Å²) in [6.45, 7) is 0. The largest absolute Gasteiger partial charge is 0.356 e. The Morgan fingerprint density at radius 1 is 0.632 bits per heavy atom. The van der Waals surface area contributed by atoms with E-state index in [0.29, 0.717) is 17.8 Å². The number of nitrogens with one attached hydrogen (secondary N) is 1. The lowest BCUT2D eigenvalue weighted by molar-refractivity contribution is 0.558. The zero-order chi connectivity index (χ0) is 44.7. The van der Waals surface area contributed by atoms with Gasteiger partial charge in [-0.05, 0) is 76.6 Å². The molecule has 5 nitrogen and oxygen atoms in total. The first-order valence-electron chi connectivity index (χ1n) is 24.6. The summed E-state index contributed by atoms with van der Waals surface area (Å²) < 4.78 is 2.57. The summed E-state index contributed by atoms with van der Waals surface area (Å²) in [6, 6.07) is 38.8. The Balaban J connectivity index is 0.905. The van der Waals surface area contributed by atoms with Crippen molar-refractivity contribution in [2.45, 2.75) is 43.4 Å². The normalized spacial score (nSPS) is 26.8. The van der Waals surface area contributed by atoms with Gasteiger partial charge >= 0.3 is 0 Å². The number of rotatable bonds is 6. The Morgan fingerprint density at radius 2 is 1.41 bits per heavy atom. The molecule has 68 heavy (non-hydrogen) atoms. The third kappa shape index (κ3) is 6.29. The molecule has 5 heteroatoms. The van der Waals surface area contributed by atoms with E-state index in [1.807, 2.05) is 0 Å². The second kappa shape index (κ2) is 16.0. The molecule has 0 bridgehead atoms. The van der Waals surface area contributed by atoms with Crippen LogP contribution in [0.3, 0.4) is 0 Å². The van der Waals surface area contributed by atoms with Crippen LogP contribution in [0.25, 0.3) is 45.6 Å². The summed E-state index contributed by atoms with van der Waals surface area (Å²) in [4.78, 5) is 13.7. The zero-order valence-corrected chi connectivity index (χ0v) is 37.8. The summed E-state index contributed by atoms with van der Waals surface area (Å²) in [5.41, 5.74) is 11.1. The molecule has 0 amide bonds. The number of hydrogen-bond donors (Lipinski definition) is 1. The van der Waals surface area contributed by atoms with E-state index in [-0.39, 0.29) is 30.1 Å². The maximum Gasteiger partial charge on any atom is 0.166 e. The fourth-order valence-electron chi connectivity index (χ4n) is 12.6. The highest BCUT2D eigenvalue weighted by molar-refractivity contribution is 6.17. The lowest BCUT2D eigenvalue weighted by Gasteiger charge is -2.34. The van der Waals surface area contributed by atoms with Crippen molar-refractivity contribution >= 4 is 57.3 Å². The van der Waals surface area contributed by atoms with Crippen LogP contribution in [0.15, 0.2) is 216 Å². The van der Waals surface area contributed by atoms with Gasteiger partial charge in [-0.1, -0.05) is 188 Å². The van der Waals surface area contributed by atoms with Gasteiger partial charge in [0.1, 0.15) is 11.7 Å². The van der Waals surface area contributed by atoms with Gasteiger partial charge in [0.15, 0.2) is 6.17 Å². The Morgan fingerprint density at radius 3 is 2.32 bits per heavy atom. The Labute approximate surface area is 397 Å². The van der Waals surface area contributed by atoms with Crippen LogP contribution in [0.1, 0.15) is 46.7 Å². The maximum atomic E-state index is 5.46. The number of nitrogens with zero attached hydrogens (tertiary/aromatic N) is 4. The number of allylic oxidation sites excluding steroid dienone is 14. The van der Waals surface area contributed by atoms with Crippen molar-refractivity contribution in [2.24, 2.45) is 33.7 Å². The fourth-order valence-corrected chi connectivity index (χ4v) is 12.6. The van der Waals surface area contributed by atoms with Crippen molar-refractivity contribution in [3.8, 4) is 5.69 Å². The lowest BCUT2D eigenvalue weighted by atomic mass is 9.78. The molecule has 6 aliphatic carbocycles. The average Bonchev–Trinajstić information content (AvgIpc) is 3.91. The molecule has 0 saturated carbocycles. The number of hydrogen-bond acceptors (Lipinski definition) is 4. The molecule has 2 aliphatic heterocycles. The SMILES string of the molecule is C1=CCC(c2ccccc2C2=NC(C3=CC=CC4C=CC=CC34)N=C(c3ccc(-n4c5c(c6c(N7C8C=CC=CC8C8C=c9ccccc9=CC87)c7ccccc7cc64)C=CCC5)cc3)N2)C=C1. The molecule has 0 spiro atoms. The summed E-state index contributed by atoms with van der Waals surface area (Å²) >= 11 is 0. The van der Waals surface area contributed by atoms with Crippen LogP contribution in [0.4, 0.5) is 5.69 Å². The van der Waals surface area contributed by atoms with Crippen molar-refractivity contribution < 1.29 is 0 Å². The number of fused-ring (bicyclic) bond motifs is 9. The van der Waals surface area contributed by atoms with E-state index in [4.69, 9.17) is 9.98 Å². The third-order valence-corrected chi connectivity index (χ3v) is 15.7. The van der Waals surface area contributed by atoms with Crippen molar-refractivity contribution in [3.05, 3.63) is 244 Å². The van der Waals surface area contributed by atoms with Crippen LogP contribution in [0.5, 0.6) is 0 Å². The van der Waals surface area contributed by atoms with Crippen molar-refractivity contribution in [3.63, 3.8) is 0 Å². The first kappa shape index (κ1) is 39.4. The van der Waals surface area contributed by atoms with Gasteiger partial charge in [0.25, 0.3) is 0 Å². The summed E-state index contributed by atoms with van der Waals surface area (Å²) in [5, 5.41) is 10.4. The summed E-state index contributed by atoms with van der Waals surface area (Å²) in [5.74, 6) is 3.25. The molecule has 3 heterocycles. The number of aromatic nitrogens is 1. The zero-order valence-electron chi connectivity index (χ0n) is 37.8. The topological polar surface area (TPSA) is 44.9 Å². The first-order chi connectivity index (χ1) is 33.7. The molecule has 14 rings (SSSR count). The highest BCUT2D eigenvalue weighted by atomic mass is 15.2. The van der Waals surface area contributed by atoms with Gasteiger partial charge in [0.05, 0.1) is 23.3 Å². The van der Waals surface area contributed by atoms with Gasteiger partial charge in [-0.25, -0.2) is 9.98 Å². The highest BCUT2D eigenvalue weighted by Crippen LogP contribution is 2.51. The Hall–Kier alpha value is -7.76. The van der Waals surface area contributed by atoms with Gasteiger partial charge < -0.3 is 14.8 Å². The smallest absolute Gasteiger partial charge is 0.166 e. The van der Waals surface area contributed by atoms with Crippen LogP contribution < -0.4 is 20.7 Å². The van der Waals surface area contributed by atoms with Crippen molar-refractivity contribution in [1.29, 1.82) is 0 Å². The average molecular weight is 878 g/mol. The molecule has 6 aromatic rings. The first-order valence-corrected chi connectivity index (χ1v) is 24.6. The van der Waals surface area contributed by atoms with Crippen LogP contribution in [-0.2, 0) is 6.42 Å². The lowest BCUT2D eigenvalue weighted by Crippen LogP contribution is -2.41. The van der Waals surface area contributed by atoms with Crippen LogP contribution in [0, 0.1) is 23.7 Å². The van der Waals surface area contributed by atoms with E-state index in [0.717, 1.165) is 47.7 Å². The number of anilines is 1. The molecule has 0 radical (unpaired) electrons. The molecule has 5 aromatic carbocycles. The molecular formula is C63H51N5. The van der Waals surface area contributed by atoms with Crippen LogP contribution in [0.2, 0.25) is 0 Å². The van der Waals surface area contributed by atoms with Crippen LogP contribution >= 0.6 is 0 Å². The Bertz CT molecular complexity index is 3580. The van der Waals surface area contributed by atoms with E-state index in [9.17, 15) is 0 Å². The number of aliphatic imine (C=N–C) groups is 2. The molecule has 8 atom stereocenters. The molecule has 328 valence electrons. The van der Waals surface area contributed by atoms with E-state index in [2.05, 4.69) is 233 Å². The molecule has 1 aromatic heterocycles. The quantitative estimate of drug-likeness (QED) is 0.181. The molecule has 1 fully saturated rings. The standard InChI is InChI=1S/C63H51N5/c1-2-17-40(18-3-1)47-25-10-11-28-51(47)62-64-61(65-63(66-62)52-30-16-23-41-19-6-8-24-48(41)52)42-33-35-46(36-34-42)67-56-32-15-13-29-53(56)59-58(67)39-45-22-7-9-26-49(45)60(59)68-55-31-14-12-27-50(55)54-37-43-20-4-5-21-44(43)38-57(54)68/h1-14,16-17,19-31,33-41,48,50,54-55,57,63H,15,18,32H2,(H,64,65,66). The summed E-state index contributed by atoms with van der Waals surface area (Å²) in [7, 11) is 0. The van der Waals surface area contributed by atoms with Gasteiger partial charge in [0, 0.05) is 68.4 Å². The van der Waals surface area contributed by atoms with Gasteiger partial charge in [-0.15, -0.1) is 0 Å². The molecule has 8 unspecified atom stereocenters. The highest BCUT2D eigenvalue weighted by Gasteiger charge is 2.47.